The molecule has 0 radical (unpaired) electrons. The van der Waals surface area contributed by atoms with Gasteiger partial charge in [0.1, 0.15) is 17.0 Å². The number of nitrogens with zero attached hydrogens (tertiary/aromatic N) is 4. The first-order valence-corrected chi connectivity index (χ1v) is 8.88. The minimum Gasteiger partial charge on any atom is -0.353 e. The first kappa shape index (κ1) is 14.2. The van der Waals surface area contributed by atoms with Gasteiger partial charge in [-0.1, -0.05) is 15.9 Å². The molecule has 0 unspecified atom stereocenters. The molecule has 1 aliphatic heterocycles. The van der Waals surface area contributed by atoms with Crippen molar-refractivity contribution < 1.29 is 0 Å². The molecule has 3 heterocycles. The minimum absolute atomic E-state index is 1.05. The molecule has 0 aromatic carbocycles. The first-order valence-electron chi connectivity index (χ1n) is 6.94. The van der Waals surface area contributed by atoms with Gasteiger partial charge in [-0.15, -0.1) is 11.3 Å². The predicted octanol–water partition coefficient (Wildman–Crippen LogP) is 2.83. The molecule has 0 atom stereocenters. The molecular formula is C14H19BrN4S. The maximum atomic E-state index is 4.57. The zero-order valence-corrected chi connectivity index (χ0v) is 14.3. The summed E-state index contributed by atoms with van der Waals surface area (Å²) < 4.78 is 0. The Morgan fingerprint density at radius 1 is 1.20 bits per heavy atom. The molecule has 1 fully saturated rings. The Hall–Kier alpha value is -0.720. The molecule has 0 saturated carbocycles. The molecule has 0 aliphatic carbocycles. The molecule has 2 aromatic rings. The molecule has 4 nitrogen and oxygen atoms in total. The highest BCUT2D eigenvalue weighted by Gasteiger charge is 2.21. The summed E-state index contributed by atoms with van der Waals surface area (Å²) >= 11 is 5.29. The Balaban J connectivity index is 1.88. The summed E-state index contributed by atoms with van der Waals surface area (Å²) in [6.45, 7) is 9.80. The molecule has 1 aliphatic rings. The highest BCUT2D eigenvalue weighted by atomic mass is 79.9. The average Bonchev–Trinajstić information content (AvgIpc) is 2.76. The van der Waals surface area contributed by atoms with Gasteiger partial charge in [-0.3, -0.25) is 4.90 Å². The molecule has 0 spiro atoms. The second-order valence-electron chi connectivity index (χ2n) is 5.18. The first-order chi connectivity index (χ1) is 9.70. The van der Waals surface area contributed by atoms with Gasteiger partial charge in [-0.25, -0.2) is 9.97 Å². The Kier molecular flexibility index (Phi) is 4.23. The maximum absolute atomic E-state index is 4.57. The van der Waals surface area contributed by atoms with E-state index in [-0.39, 0.29) is 0 Å². The van der Waals surface area contributed by atoms with Crippen molar-refractivity contribution in [1.29, 1.82) is 0 Å². The zero-order chi connectivity index (χ0) is 14.1. The summed E-state index contributed by atoms with van der Waals surface area (Å²) in [7, 11) is 0. The minimum atomic E-state index is 1.05. The Morgan fingerprint density at radius 2 is 1.95 bits per heavy atom. The average molecular weight is 355 g/mol. The SMILES string of the molecule is Cc1sc2ncnc(N3CCN(CCBr)CC3)c2c1C. The zero-order valence-electron chi connectivity index (χ0n) is 11.9. The van der Waals surface area contributed by atoms with Crippen LogP contribution in [0.3, 0.4) is 0 Å². The van der Waals surface area contributed by atoms with E-state index < -0.39 is 0 Å². The van der Waals surface area contributed by atoms with Gasteiger partial charge in [-0.05, 0) is 19.4 Å². The third kappa shape index (κ3) is 2.56. The maximum Gasteiger partial charge on any atom is 0.141 e. The molecule has 20 heavy (non-hydrogen) atoms. The molecule has 108 valence electrons. The highest BCUT2D eigenvalue weighted by molar-refractivity contribution is 9.09. The number of thiophene rings is 1. The molecule has 2 aromatic heterocycles. The topological polar surface area (TPSA) is 32.3 Å². The van der Waals surface area contributed by atoms with Crippen LogP contribution in [0.2, 0.25) is 0 Å². The van der Waals surface area contributed by atoms with E-state index in [1.54, 1.807) is 17.7 Å². The summed E-state index contributed by atoms with van der Waals surface area (Å²) in [4.78, 5) is 16.4. The fourth-order valence-corrected chi connectivity index (χ4v) is 4.20. The van der Waals surface area contributed by atoms with Gasteiger partial charge in [0.2, 0.25) is 0 Å². The van der Waals surface area contributed by atoms with Crippen LogP contribution in [0.5, 0.6) is 0 Å². The second kappa shape index (κ2) is 5.95. The standard InChI is InChI=1S/C14H19BrN4S/c1-10-11(2)20-14-12(10)13(16-9-17-14)19-7-5-18(4-3-15)6-8-19/h9H,3-8H2,1-2H3. The summed E-state index contributed by atoms with van der Waals surface area (Å²) in [5, 5.41) is 2.30. The molecular weight excluding hydrogens is 336 g/mol. The number of alkyl halides is 1. The van der Waals surface area contributed by atoms with Gasteiger partial charge >= 0.3 is 0 Å². The molecule has 6 heteroatoms. The lowest BCUT2D eigenvalue weighted by Gasteiger charge is -2.35. The van der Waals surface area contributed by atoms with Crippen LogP contribution in [0.4, 0.5) is 5.82 Å². The van der Waals surface area contributed by atoms with Crippen molar-refractivity contribution in [3.05, 3.63) is 16.8 Å². The molecule has 0 amide bonds. The van der Waals surface area contributed by atoms with Crippen molar-refractivity contribution in [3.63, 3.8) is 0 Å². The third-order valence-electron chi connectivity index (χ3n) is 4.02. The summed E-state index contributed by atoms with van der Waals surface area (Å²) in [6.07, 6.45) is 1.71. The van der Waals surface area contributed by atoms with Crippen LogP contribution in [-0.4, -0.2) is 52.9 Å². The third-order valence-corrected chi connectivity index (χ3v) is 5.49. The summed E-state index contributed by atoms with van der Waals surface area (Å²) in [6, 6.07) is 0. The largest absolute Gasteiger partial charge is 0.353 e. The van der Waals surface area contributed by atoms with E-state index in [9.17, 15) is 0 Å². The van der Waals surface area contributed by atoms with Gasteiger partial charge < -0.3 is 4.90 Å². The molecule has 3 rings (SSSR count). The number of anilines is 1. The van der Waals surface area contributed by atoms with E-state index in [2.05, 4.69) is 49.5 Å². The van der Waals surface area contributed by atoms with Crippen molar-refractivity contribution in [2.75, 3.05) is 43.0 Å². The molecule has 0 N–H and O–H groups in total. The van der Waals surface area contributed by atoms with Crippen LogP contribution in [0.15, 0.2) is 6.33 Å². The van der Waals surface area contributed by atoms with Crippen LogP contribution in [0.25, 0.3) is 10.2 Å². The number of rotatable bonds is 3. The van der Waals surface area contributed by atoms with Gasteiger partial charge in [-0.2, -0.15) is 0 Å². The number of hydrogen-bond donors (Lipinski definition) is 0. The lowest BCUT2D eigenvalue weighted by atomic mass is 10.2. The van der Waals surface area contributed by atoms with E-state index >= 15 is 0 Å². The smallest absolute Gasteiger partial charge is 0.141 e. The monoisotopic (exact) mass is 354 g/mol. The second-order valence-corrected chi connectivity index (χ2v) is 7.17. The van der Waals surface area contributed by atoms with Crippen molar-refractivity contribution in [2.45, 2.75) is 13.8 Å². The lowest BCUT2D eigenvalue weighted by Crippen LogP contribution is -2.47. The van der Waals surface area contributed by atoms with Crippen molar-refractivity contribution >= 4 is 43.3 Å². The van der Waals surface area contributed by atoms with E-state index in [1.165, 1.54) is 15.8 Å². The van der Waals surface area contributed by atoms with Gasteiger partial charge in [0.25, 0.3) is 0 Å². The van der Waals surface area contributed by atoms with E-state index in [1.807, 2.05) is 0 Å². The van der Waals surface area contributed by atoms with Crippen molar-refractivity contribution in [3.8, 4) is 0 Å². The number of aromatic nitrogens is 2. The predicted molar refractivity (Wildman–Crippen MR) is 89.3 cm³/mol. The lowest BCUT2D eigenvalue weighted by molar-refractivity contribution is 0.273. The van der Waals surface area contributed by atoms with Crippen LogP contribution >= 0.6 is 27.3 Å². The van der Waals surface area contributed by atoms with Crippen LogP contribution in [0, 0.1) is 13.8 Å². The van der Waals surface area contributed by atoms with Crippen molar-refractivity contribution in [1.82, 2.24) is 14.9 Å². The van der Waals surface area contributed by atoms with Crippen LogP contribution in [0.1, 0.15) is 10.4 Å². The fraction of sp³-hybridized carbons (Fsp3) is 0.571. The number of piperazine rings is 1. The van der Waals surface area contributed by atoms with E-state index in [0.29, 0.717) is 0 Å². The summed E-state index contributed by atoms with van der Waals surface area (Å²) in [5.41, 5.74) is 1.34. The van der Waals surface area contributed by atoms with Gasteiger partial charge in [0.05, 0.1) is 5.39 Å². The fourth-order valence-electron chi connectivity index (χ4n) is 2.71. The van der Waals surface area contributed by atoms with Crippen LogP contribution in [-0.2, 0) is 0 Å². The Bertz CT molecular complexity index is 604. The van der Waals surface area contributed by atoms with E-state index in [0.717, 1.165) is 48.7 Å². The van der Waals surface area contributed by atoms with Crippen molar-refractivity contribution in [2.24, 2.45) is 0 Å². The normalized spacial score (nSPS) is 17.1. The number of halogens is 1. The van der Waals surface area contributed by atoms with Crippen LogP contribution < -0.4 is 4.90 Å². The number of hydrogen-bond acceptors (Lipinski definition) is 5. The quantitative estimate of drug-likeness (QED) is 0.793. The summed E-state index contributed by atoms with van der Waals surface area (Å²) in [5.74, 6) is 1.12. The highest BCUT2D eigenvalue weighted by Crippen LogP contribution is 2.34. The number of aryl methyl sites for hydroxylation is 2. The van der Waals surface area contributed by atoms with Gasteiger partial charge in [0, 0.05) is 42.9 Å². The Morgan fingerprint density at radius 3 is 2.65 bits per heavy atom. The number of fused-ring (bicyclic) bond motifs is 1. The Labute approximate surface area is 131 Å². The molecule has 0 bridgehead atoms. The van der Waals surface area contributed by atoms with Gasteiger partial charge in [0.15, 0.2) is 0 Å². The molecule has 1 saturated heterocycles. The van der Waals surface area contributed by atoms with E-state index in [4.69, 9.17) is 0 Å².